The number of nitrogens with one attached hydrogen (secondary N) is 1. The molecule has 13 heteroatoms. The van der Waals surface area contributed by atoms with Crippen molar-refractivity contribution in [3.8, 4) is 11.1 Å². The van der Waals surface area contributed by atoms with Gasteiger partial charge >= 0.3 is 0 Å². The van der Waals surface area contributed by atoms with Crippen LogP contribution in [0.4, 0.5) is 11.5 Å². The summed E-state index contributed by atoms with van der Waals surface area (Å²) in [6.07, 6.45) is 3.90. The normalized spacial score (nSPS) is 16.0. The van der Waals surface area contributed by atoms with Crippen LogP contribution in [0.5, 0.6) is 0 Å². The quantitative estimate of drug-likeness (QED) is 0.312. The Kier molecular flexibility index (Phi) is 8.84. The van der Waals surface area contributed by atoms with Crippen LogP contribution in [0.25, 0.3) is 16.8 Å². The number of anilines is 2. The monoisotopic (exact) mass is 617 g/mol. The summed E-state index contributed by atoms with van der Waals surface area (Å²) in [5, 5.41) is 5.22. The van der Waals surface area contributed by atoms with Crippen LogP contribution in [0, 0.1) is 6.92 Å². The van der Waals surface area contributed by atoms with Crippen molar-refractivity contribution in [3.05, 3.63) is 76.6 Å². The molecule has 5 rings (SSSR count). The number of hydrogen-bond acceptors (Lipinski definition) is 7. The molecule has 1 saturated heterocycles. The van der Waals surface area contributed by atoms with Crippen molar-refractivity contribution < 1.29 is 13.2 Å². The van der Waals surface area contributed by atoms with Gasteiger partial charge in [0.1, 0.15) is 5.82 Å². The van der Waals surface area contributed by atoms with Crippen molar-refractivity contribution in [2.24, 2.45) is 5.73 Å². The Morgan fingerprint density at radius 1 is 1.22 bits per heavy atom. The van der Waals surface area contributed by atoms with Crippen molar-refractivity contribution >= 4 is 57.1 Å². The standard InChI is InChI=1S/C28H32ClN7O3S.ClH/c1-17-15-36-27(31-26(17)35-13-12-21(30)16-35)24(19-8-6-5-7-9-19)25(32-36)18(2)34(3)28(37)22-14-20(29)10-11-23(22)33-40(4,38)39;/h5-11,14-15,18,21,33H,12-13,16,30H2,1-4H3;1H/t18-,21-;/m0./s1. The minimum atomic E-state index is -3.62. The maximum Gasteiger partial charge on any atom is 0.256 e. The lowest BCUT2D eigenvalue weighted by Crippen LogP contribution is -2.31. The summed E-state index contributed by atoms with van der Waals surface area (Å²) in [5.41, 5.74) is 10.5. The first-order valence-electron chi connectivity index (χ1n) is 12.9. The van der Waals surface area contributed by atoms with Gasteiger partial charge in [0.15, 0.2) is 5.65 Å². The van der Waals surface area contributed by atoms with E-state index in [2.05, 4.69) is 9.62 Å². The first-order chi connectivity index (χ1) is 18.9. The summed E-state index contributed by atoms with van der Waals surface area (Å²) < 4.78 is 28.1. The van der Waals surface area contributed by atoms with Crippen molar-refractivity contribution in [2.75, 3.05) is 36.0 Å². The highest BCUT2D eigenvalue weighted by Crippen LogP contribution is 2.36. The van der Waals surface area contributed by atoms with E-state index in [-0.39, 0.29) is 29.7 Å². The molecule has 1 amide bonds. The average Bonchev–Trinajstić information content (AvgIpc) is 3.50. The van der Waals surface area contributed by atoms with Gasteiger partial charge in [-0.2, -0.15) is 5.10 Å². The molecule has 10 nitrogen and oxygen atoms in total. The van der Waals surface area contributed by atoms with Crippen LogP contribution < -0.4 is 15.4 Å². The molecule has 0 spiro atoms. The van der Waals surface area contributed by atoms with Crippen LogP contribution in [0.2, 0.25) is 5.02 Å². The minimum absolute atomic E-state index is 0. The molecule has 3 N–H and O–H groups in total. The van der Waals surface area contributed by atoms with Gasteiger partial charge in [-0.25, -0.2) is 17.9 Å². The highest BCUT2D eigenvalue weighted by molar-refractivity contribution is 7.92. The second kappa shape index (κ2) is 11.8. The molecule has 3 heterocycles. The summed E-state index contributed by atoms with van der Waals surface area (Å²) in [6.45, 7) is 5.46. The molecule has 218 valence electrons. The predicted octanol–water partition coefficient (Wildman–Crippen LogP) is 4.52. The number of nitrogens with two attached hydrogens (primary N) is 1. The van der Waals surface area contributed by atoms with Gasteiger partial charge < -0.3 is 15.5 Å². The maximum absolute atomic E-state index is 13.8. The number of benzene rings is 2. The number of nitrogens with zero attached hydrogens (tertiary/aromatic N) is 5. The molecule has 1 fully saturated rings. The lowest BCUT2D eigenvalue weighted by Gasteiger charge is -2.25. The van der Waals surface area contributed by atoms with Crippen molar-refractivity contribution in [3.63, 3.8) is 0 Å². The lowest BCUT2D eigenvalue weighted by atomic mass is 10.0. The fraction of sp³-hybridized carbons (Fsp3) is 0.321. The fourth-order valence-corrected chi connectivity index (χ4v) is 5.82. The third kappa shape index (κ3) is 6.28. The van der Waals surface area contributed by atoms with E-state index in [9.17, 15) is 13.2 Å². The smallest absolute Gasteiger partial charge is 0.256 e. The van der Waals surface area contributed by atoms with E-state index in [1.807, 2.05) is 50.4 Å². The van der Waals surface area contributed by atoms with E-state index >= 15 is 0 Å². The van der Waals surface area contributed by atoms with Crippen LogP contribution >= 0.6 is 24.0 Å². The fourth-order valence-electron chi connectivity index (χ4n) is 5.07. The summed E-state index contributed by atoms with van der Waals surface area (Å²) >= 11 is 6.20. The molecule has 0 saturated carbocycles. The molecule has 41 heavy (non-hydrogen) atoms. The molecule has 0 bridgehead atoms. The SMILES string of the molecule is Cc1cn2nc([C@H](C)N(C)C(=O)c3cc(Cl)ccc3NS(C)(=O)=O)c(-c3ccccc3)c2nc1N1CC[C@H](N)C1.Cl. The highest BCUT2D eigenvalue weighted by Gasteiger charge is 2.30. The minimum Gasteiger partial charge on any atom is -0.355 e. The van der Waals surface area contributed by atoms with E-state index in [0.717, 1.165) is 48.3 Å². The molecular weight excluding hydrogens is 585 g/mol. The van der Waals surface area contributed by atoms with E-state index in [1.165, 1.54) is 23.1 Å². The second-order valence-electron chi connectivity index (χ2n) is 10.3. The Labute approximate surface area is 251 Å². The van der Waals surface area contributed by atoms with Gasteiger partial charge in [0, 0.05) is 43.0 Å². The number of amides is 1. The Morgan fingerprint density at radius 3 is 2.56 bits per heavy atom. The van der Waals surface area contributed by atoms with Crippen LogP contribution in [-0.4, -0.2) is 66.3 Å². The molecule has 0 unspecified atom stereocenters. The van der Waals surface area contributed by atoms with E-state index in [0.29, 0.717) is 16.4 Å². The number of rotatable bonds is 7. The summed E-state index contributed by atoms with van der Waals surface area (Å²) in [7, 11) is -1.96. The zero-order valence-electron chi connectivity index (χ0n) is 23.2. The molecule has 1 aliphatic heterocycles. The van der Waals surface area contributed by atoms with Gasteiger partial charge in [-0.05, 0) is 44.0 Å². The number of carbonyl (C=O) groups excluding carboxylic acids is 1. The number of aromatic nitrogens is 3. The summed E-state index contributed by atoms with van der Waals surface area (Å²) in [6, 6.07) is 13.9. The number of halogens is 2. The molecule has 1 aliphatic rings. The first kappa shape index (κ1) is 30.6. The molecule has 2 aromatic carbocycles. The molecule has 0 radical (unpaired) electrons. The van der Waals surface area contributed by atoms with Crippen LogP contribution in [0.15, 0.2) is 54.7 Å². The first-order valence-corrected chi connectivity index (χ1v) is 15.2. The van der Waals surface area contributed by atoms with Gasteiger partial charge in [-0.1, -0.05) is 41.9 Å². The molecule has 4 aromatic rings. The third-order valence-corrected chi connectivity index (χ3v) is 8.01. The van der Waals surface area contributed by atoms with Gasteiger partial charge in [0.2, 0.25) is 10.0 Å². The molecular formula is C28H33Cl2N7O3S. The zero-order chi connectivity index (χ0) is 28.8. The molecule has 2 aromatic heterocycles. The van der Waals surface area contributed by atoms with E-state index < -0.39 is 22.0 Å². The van der Waals surface area contributed by atoms with Crippen LogP contribution in [0.3, 0.4) is 0 Å². The van der Waals surface area contributed by atoms with E-state index in [4.69, 9.17) is 27.4 Å². The summed E-state index contributed by atoms with van der Waals surface area (Å²) in [5.74, 6) is 0.463. The Morgan fingerprint density at radius 2 is 1.93 bits per heavy atom. The van der Waals surface area contributed by atoms with Crippen molar-refractivity contribution in [1.29, 1.82) is 0 Å². The van der Waals surface area contributed by atoms with Gasteiger partial charge in [-0.3, -0.25) is 9.52 Å². The van der Waals surface area contributed by atoms with E-state index in [1.54, 1.807) is 11.6 Å². The van der Waals surface area contributed by atoms with Crippen LogP contribution in [-0.2, 0) is 10.0 Å². The molecule has 2 atom stereocenters. The number of sulfonamides is 1. The average molecular weight is 619 g/mol. The zero-order valence-corrected chi connectivity index (χ0v) is 25.6. The highest BCUT2D eigenvalue weighted by atomic mass is 35.5. The predicted molar refractivity (Wildman–Crippen MR) is 166 cm³/mol. The van der Waals surface area contributed by atoms with Crippen molar-refractivity contribution in [2.45, 2.75) is 32.4 Å². The topological polar surface area (TPSA) is 126 Å². The largest absolute Gasteiger partial charge is 0.355 e. The van der Waals surface area contributed by atoms with Gasteiger partial charge in [0.25, 0.3) is 5.91 Å². The number of hydrogen-bond donors (Lipinski definition) is 2. The number of aryl methyl sites for hydroxylation is 1. The Balaban J connectivity index is 0.00000387. The van der Waals surface area contributed by atoms with Gasteiger partial charge in [0.05, 0.1) is 34.8 Å². The van der Waals surface area contributed by atoms with Gasteiger partial charge in [-0.15, -0.1) is 12.4 Å². The second-order valence-corrected chi connectivity index (χ2v) is 12.5. The lowest BCUT2D eigenvalue weighted by molar-refractivity contribution is 0.0741. The molecule has 0 aliphatic carbocycles. The Bertz CT molecular complexity index is 1700. The Hall–Kier alpha value is -3.38. The third-order valence-electron chi connectivity index (χ3n) is 7.18. The summed E-state index contributed by atoms with van der Waals surface area (Å²) in [4.78, 5) is 22.6. The maximum atomic E-state index is 13.8. The van der Waals surface area contributed by atoms with Crippen molar-refractivity contribution in [1.82, 2.24) is 19.5 Å². The number of carbonyl (C=O) groups is 1. The number of fused-ring (bicyclic) bond motifs is 1. The van der Waals surface area contributed by atoms with Crippen LogP contribution in [0.1, 0.15) is 41.0 Å².